The third kappa shape index (κ3) is 3.49. The van der Waals surface area contributed by atoms with Crippen molar-refractivity contribution in [1.82, 2.24) is 5.32 Å². The van der Waals surface area contributed by atoms with Crippen molar-refractivity contribution in [2.75, 3.05) is 5.43 Å². The SMILES string of the molecule is CC1CCCCC1NC(=O)c1cc(NN)ccc1[N+](=O)[O-]. The maximum atomic E-state index is 12.4. The van der Waals surface area contributed by atoms with Crippen molar-refractivity contribution < 1.29 is 9.72 Å². The third-order valence-electron chi connectivity index (χ3n) is 4.03. The molecule has 21 heavy (non-hydrogen) atoms. The molecule has 7 heteroatoms. The molecule has 2 atom stereocenters. The summed E-state index contributed by atoms with van der Waals surface area (Å²) in [5, 5.41) is 14.0. The molecule has 1 fully saturated rings. The van der Waals surface area contributed by atoms with Gasteiger partial charge < -0.3 is 10.7 Å². The van der Waals surface area contributed by atoms with E-state index in [1.165, 1.54) is 24.6 Å². The van der Waals surface area contributed by atoms with Gasteiger partial charge in [0.15, 0.2) is 0 Å². The molecule has 7 nitrogen and oxygen atoms in total. The van der Waals surface area contributed by atoms with E-state index in [2.05, 4.69) is 17.7 Å². The zero-order valence-corrected chi connectivity index (χ0v) is 12.0. The van der Waals surface area contributed by atoms with Crippen molar-refractivity contribution in [3.05, 3.63) is 33.9 Å². The van der Waals surface area contributed by atoms with E-state index in [-0.39, 0.29) is 17.3 Å². The number of nitro benzene ring substituents is 1. The van der Waals surface area contributed by atoms with Crippen molar-refractivity contribution in [2.24, 2.45) is 11.8 Å². The Bertz CT molecular complexity index is 547. The van der Waals surface area contributed by atoms with Gasteiger partial charge in [0.25, 0.3) is 11.6 Å². The molecule has 0 aromatic heterocycles. The lowest BCUT2D eigenvalue weighted by molar-refractivity contribution is -0.385. The average molecular weight is 292 g/mol. The number of carbonyl (C=O) groups excluding carboxylic acids is 1. The Morgan fingerprint density at radius 3 is 2.71 bits per heavy atom. The van der Waals surface area contributed by atoms with Crippen molar-refractivity contribution in [2.45, 2.75) is 38.6 Å². The Hall–Kier alpha value is -2.15. The second kappa shape index (κ2) is 6.53. The van der Waals surface area contributed by atoms with Crippen LogP contribution in [-0.2, 0) is 0 Å². The number of anilines is 1. The van der Waals surface area contributed by atoms with Gasteiger partial charge in [-0.25, -0.2) is 0 Å². The smallest absolute Gasteiger partial charge is 0.282 e. The number of hydrazine groups is 1. The van der Waals surface area contributed by atoms with E-state index in [0.29, 0.717) is 11.6 Å². The first-order chi connectivity index (χ1) is 10.0. The van der Waals surface area contributed by atoms with Gasteiger partial charge in [0.1, 0.15) is 5.56 Å². The number of nitrogens with one attached hydrogen (secondary N) is 2. The van der Waals surface area contributed by atoms with Gasteiger partial charge in [-0.15, -0.1) is 0 Å². The minimum atomic E-state index is -0.556. The molecule has 2 rings (SSSR count). The van der Waals surface area contributed by atoms with E-state index in [4.69, 9.17) is 5.84 Å². The Morgan fingerprint density at radius 1 is 1.38 bits per heavy atom. The molecular formula is C14H20N4O3. The van der Waals surface area contributed by atoms with Crippen molar-refractivity contribution in [1.29, 1.82) is 0 Å². The number of benzene rings is 1. The summed E-state index contributed by atoms with van der Waals surface area (Å²) in [6.07, 6.45) is 4.22. The quantitative estimate of drug-likeness (QED) is 0.447. The molecule has 114 valence electrons. The first-order valence-electron chi connectivity index (χ1n) is 7.09. The van der Waals surface area contributed by atoms with Crippen LogP contribution in [-0.4, -0.2) is 16.9 Å². The van der Waals surface area contributed by atoms with Crippen LogP contribution < -0.4 is 16.6 Å². The zero-order chi connectivity index (χ0) is 15.4. The number of nitrogens with zero attached hydrogens (tertiary/aromatic N) is 1. The van der Waals surface area contributed by atoms with Crippen LogP contribution in [0.15, 0.2) is 18.2 Å². The normalized spacial score (nSPS) is 21.6. The van der Waals surface area contributed by atoms with E-state index < -0.39 is 10.8 Å². The van der Waals surface area contributed by atoms with Gasteiger partial charge in [-0.3, -0.25) is 20.8 Å². The van der Waals surface area contributed by atoms with E-state index >= 15 is 0 Å². The lowest BCUT2D eigenvalue weighted by Gasteiger charge is -2.29. The van der Waals surface area contributed by atoms with Gasteiger partial charge in [-0.1, -0.05) is 19.8 Å². The Morgan fingerprint density at radius 2 is 2.10 bits per heavy atom. The summed E-state index contributed by atoms with van der Waals surface area (Å²) < 4.78 is 0. The first-order valence-corrected chi connectivity index (χ1v) is 7.09. The summed E-state index contributed by atoms with van der Waals surface area (Å²) in [5.41, 5.74) is 2.68. The zero-order valence-electron chi connectivity index (χ0n) is 12.0. The van der Waals surface area contributed by atoms with Crippen LogP contribution in [0.3, 0.4) is 0 Å². The number of nitrogen functional groups attached to an aromatic ring is 1. The standard InChI is InChI=1S/C14H20N4O3/c1-9-4-2-3-5-12(9)16-14(19)11-8-10(17-15)6-7-13(11)18(20)21/h6-9,12,17H,2-5,15H2,1H3,(H,16,19). The Balaban J connectivity index is 2.22. The number of rotatable bonds is 4. The topological polar surface area (TPSA) is 110 Å². The highest BCUT2D eigenvalue weighted by Crippen LogP contribution is 2.26. The number of carbonyl (C=O) groups is 1. The van der Waals surface area contributed by atoms with Gasteiger partial charge in [0.2, 0.25) is 0 Å². The molecule has 1 saturated carbocycles. The van der Waals surface area contributed by atoms with Gasteiger partial charge in [0.05, 0.1) is 4.92 Å². The fourth-order valence-corrected chi connectivity index (χ4v) is 2.74. The maximum Gasteiger partial charge on any atom is 0.282 e. The van der Waals surface area contributed by atoms with Crippen LogP contribution in [0.25, 0.3) is 0 Å². The summed E-state index contributed by atoms with van der Waals surface area (Å²) in [6.45, 7) is 2.09. The summed E-state index contributed by atoms with van der Waals surface area (Å²) in [5.74, 6) is 5.27. The number of hydrogen-bond acceptors (Lipinski definition) is 5. The van der Waals surface area contributed by atoms with Gasteiger partial charge in [-0.05, 0) is 30.9 Å². The second-order valence-corrected chi connectivity index (χ2v) is 5.48. The largest absolute Gasteiger partial charge is 0.349 e. The molecule has 1 aliphatic rings. The third-order valence-corrected chi connectivity index (χ3v) is 4.03. The lowest BCUT2D eigenvalue weighted by atomic mass is 9.86. The van der Waals surface area contributed by atoms with Crippen LogP contribution in [0.4, 0.5) is 11.4 Å². The van der Waals surface area contributed by atoms with Crippen molar-refractivity contribution in [3.63, 3.8) is 0 Å². The van der Waals surface area contributed by atoms with Crippen molar-refractivity contribution >= 4 is 17.3 Å². The second-order valence-electron chi connectivity index (χ2n) is 5.48. The van der Waals surface area contributed by atoms with E-state index in [9.17, 15) is 14.9 Å². The molecule has 0 spiro atoms. The molecular weight excluding hydrogens is 272 g/mol. The summed E-state index contributed by atoms with van der Waals surface area (Å²) >= 11 is 0. The minimum absolute atomic E-state index is 0.0354. The molecule has 0 heterocycles. The minimum Gasteiger partial charge on any atom is -0.349 e. The summed E-state index contributed by atoms with van der Waals surface area (Å²) in [4.78, 5) is 22.9. The Kier molecular flexibility index (Phi) is 4.74. The molecule has 1 aromatic carbocycles. The summed E-state index contributed by atoms with van der Waals surface area (Å²) in [7, 11) is 0. The predicted molar refractivity (Wildman–Crippen MR) is 79.8 cm³/mol. The fraction of sp³-hybridized carbons (Fsp3) is 0.500. The highest BCUT2D eigenvalue weighted by atomic mass is 16.6. The molecule has 1 amide bonds. The maximum absolute atomic E-state index is 12.4. The van der Waals surface area contributed by atoms with Crippen molar-refractivity contribution in [3.8, 4) is 0 Å². The fourth-order valence-electron chi connectivity index (χ4n) is 2.74. The number of nitro groups is 1. The molecule has 1 aromatic rings. The molecule has 0 radical (unpaired) electrons. The molecule has 1 aliphatic carbocycles. The lowest BCUT2D eigenvalue weighted by Crippen LogP contribution is -2.41. The van der Waals surface area contributed by atoms with Crippen LogP contribution in [0, 0.1) is 16.0 Å². The van der Waals surface area contributed by atoms with Gasteiger partial charge in [-0.2, -0.15) is 0 Å². The predicted octanol–water partition coefficient (Wildman–Crippen LogP) is 2.19. The Labute approximate surface area is 123 Å². The highest BCUT2D eigenvalue weighted by Gasteiger charge is 2.26. The highest BCUT2D eigenvalue weighted by molar-refractivity contribution is 5.99. The number of hydrogen-bond donors (Lipinski definition) is 3. The number of nitrogens with two attached hydrogens (primary N) is 1. The van der Waals surface area contributed by atoms with Gasteiger partial charge in [0, 0.05) is 17.8 Å². The van der Waals surface area contributed by atoms with Crippen LogP contribution in [0.2, 0.25) is 0 Å². The molecule has 4 N–H and O–H groups in total. The molecule has 2 unspecified atom stereocenters. The van der Waals surface area contributed by atoms with Crippen LogP contribution in [0.5, 0.6) is 0 Å². The van der Waals surface area contributed by atoms with E-state index in [1.54, 1.807) is 0 Å². The first kappa shape index (κ1) is 15.2. The number of amides is 1. The van der Waals surface area contributed by atoms with E-state index in [1.807, 2.05) is 0 Å². The monoisotopic (exact) mass is 292 g/mol. The average Bonchev–Trinajstić information content (AvgIpc) is 2.48. The van der Waals surface area contributed by atoms with Crippen LogP contribution >= 0.6 is 0 Å². The van der Waals surface area contributed by atoms with Gasteiger partial charge >= 0.3 is 0 Å². The summed E-state index contributed by atoms with van der Waals surface area (Å²) in [6, 6.07) is 4.23. The molecule has 0 aliphatic heterocycles. The molecule has 0 saturated heterocycles. The molecule has 0 bridgehead atoms. The van der Waals surface area contributed by atoms with Crippen LogP contribution in [0.1, 0.15) is 43.0 Å². The van der Waals surface area contributed by atoms with E-state index in [0.717, 1.165) is 19.3 Å².